The average molecular weight is 200 g/mol. The van der Waals surface area contributed by atoms with Crippen LogP contribution in [-0.4, -0.2) is 11.4 Å². The first-order valence-corrected chi connectivity index (χ1v) is 4.27. The Hall–Kier alpha value is -1.29. The zero-order valence-corrected chi connectivity index (χ0v) is 7.95. The molecule has 0 aromatic heterocycles. The molecule has 0 bridgehead atoms. The summed E-state index contributed by atoms with van der Waals surface area (Å²) in [6.07, 6.45) is 0. The number of benzene rings is 1. The van der Waals surface area contributed by atoms with Gasteiger partial charge in [0.1, 0.15) is 12.2 Å². The van der Waals surface area contributed by atoms with Gasteiger partial charge >= 0.3 is 0 Å². The molecule has 0 heterocycles. The zero-order chi connectivity index (χ0) is 9.68. The third-order valence-electron chi connectivity index (χ3n) is 1.41. The van der Waals surface area contributed by atoms with Crippen molar-refractivity contribution in [2.45, 2.75) is 6.92 Å². The van der Waals surface area contributed by atoms with E-state index in [1.165, 1.54) is 0 Å². The van der Waals surface area contributed by atoms with Crippen molar-refractivity contribution in [3.8, 4) is 0 Å². The van der Waals surface area contributed by atoms with Crippen LogP contribution in [0.3, 0.4) is 0 Å². The largest absolute Gasteiger partial charge is 0.696 e. The van der Waals surface area contributed by atoms with Gasteiger partial charge in [-0.05, 0) is 31.2 Å². The van der Waals surface area contributed by atoms with E-state index in [9.17, 15) is 5.21 Å². The maximum absolute atomic E-state index is 10.7. The van der Waals surface area contributed by atoms with Gasteiger partial charge < -0.3 is 5.21 Å². The molecule has 0 aliphatic rings. The van der Waals surface area contributed by atoms with Gasteiger partial charge in [-0.1, -0.05) is 11.6 Å². The Morgan fingerprint density at radius 2 is 2.08 bits per heavy atom. The first-order valence-electron chi connectivity index (χ1n) is 3.89. The van der Waals surface area contributed by atoms with E-state index >= 15 is 0 Å². The standard InChI is InChI=1S/C8H10ClN3O/c1-2-12(13)11-10-8-5-3-7(9)4-6-8/h3-6,10H,2H2,1H3. The van der Waals surface area contributed by atoms with E-state index in [4.69, 9.17) is 11.6 Å². The van der Waals surface area contributed by atoms with Crippen LogP contribution in [0.25, 0.3) is 0 Å². The van der Waals surface area contributed by atoms with Crippen LogP contribution in [0, 0.1) is 5.21 Å². The van der Waals surface area contributed by atoms with Crippen molar-refractivity contribution in [2.75, 3.05) is 12.0 Å². The van der Waals surface area contributed by atoms with Crippen molar-refractivity contribution < 1.29 is 4.86 Å². The maximum Gasteiger partial charge on any atom is 0.146 e. The predicted octanol–water partition coefficient (Wildman–Crippen LogP) is 2.65. The second kappa shape index (κ2) is 4.67. The highest BCUT2D eigenvalue weighted by molar-refractivity contribution is 6.30. The van der Waals surface area contributed by atoms with Crippen LogP contribution < -0.4 is 5.43 Å². The second-order valence-corrected chi connectivity index (χ2v) is 2.82. The maximum atomic E-state index is 10.7. The highest BCUT2D eigenvalue weighted by Gasteiger charge is 1.94. The highest BCUT2D eigenvalue weighted by atomic mass is 35.5. The molecule has 70 valence electrons. The summed E-state index contributed by atoms with van der Waals surface area (Å²) in [5.41, 5.74) is 3.34. The molecule has 0 aliphatic heterocycles. The summed E-state index contributed by atoms with van der Waals surface area (Å²) >= 11 is 5.67. The number of anilines is 1. The number of halogens is 1. The van der Waals surface area contributed by atoms with Crippen LogP contribution in [0.15, 0.2) is 29.5 Å². The van der Waals surface area contributed by atoms with Crippen molar-refractivity contribution in [3.63, 3.8) is 0 Å². The summed E-state index contributed by atoms with van der Waals surface area (Å²) < 4.78 is 0. The minimum Gasteiger partial charge on any atom is -0.696 e. The molecule has 1 aromatic rings. The predicted molar refractivity (Wildman–Crippen MR) is 51.7 cm³/mol. The molecular weight excluding hydrogens is 190 g/mol. The van der Waals surface area contributed by atoms with E-state index in [2.05, 4.69) is 10.6 Å². The fraction of sp³-hybridized carbons (Fsp3) is 0.250. The van der Waals surface area contributed by atoms with Gasteiger partial charge in [0.05, 0.1) is 5.22 Å². The zero-order valence-electron chi connectivity index (χ0n) is 7.20. The van der Waals surface area contributed by atoms with E-state index in [1.54, 1.807) is 31.2 Å². The van der Waals surface area contributed by atoms with Crippen molar-refractivity contribution in [1.29, 1.82) is 0 Å². The molecule has 1 N–H and O–H groups in total. The van der Waals surface area contributed by atoms with Gasteiger partial charge in [-0.3, -0.25) is 0 Å². The van der Waals surface area contributed by atoms with Gasteiger partial charge in [0.15, 0.2) is 0 Å². The topological polar surface area (TPSA) is 50.5 Å². The van der Waals surface area contributed by atoms with E-state index in [0.29, 0.717) is 16.4 Å². The Labute approximate surface area is 81.4 Å². The molecule has 13 heavy (non-hydrogen) atoms. The number of hydrogen-bond donors (Lipinski definition) is 1. The van der Waals surface area contributed by atoms with Gasteiger partial charge in [0, 0.05) is 5.02 Å². The number of hydrogen-bond acceptors (Lipinski definition) is 2. The Kier molecular flexibility index (Phi) is 3.52. The molecule has 0 saturated carbocycles. The van der Waals surface area contributed by atoms with Crippen molar-refractivity contribution in [1.82, 2.24) is 0 Å². The first kappa shape index (κ1) is 9.80. The smallest absolute Gasteiger partial charge is 0.146 e. The van der Waals surface area contributed by atoms with Crippen LogP contribution in [0.5, 0.6) is 0 Å². The molecule has 0 atom stereocenters. The SMILES string of the molecule is CC[N+]([O-])=NNc1ccc(Cl)cc1. The van der Waals surface area contributed by atoms with Crippen molar-refractivity contribution >= 4 is 17.3 Å². The fourth-order valence-electron chi connectivity index (χ4n) is 0.709. The van der Waals surface area contributed by atoms with Crippen LogP contribution in [-0.2, 0) is 0 Å². The molecule has 0 radical (unpaired) electrons. The third-order valence-corrected chi connectivity index (χ3v) is 1.66. The van der Waals surface area contributed by atoms with Crippen molar-refractivity contribution in [2.24, 2.45) is 5.22 Å². The summed E-state index contributed by atoms with van der Waals surface area (Å²) in [5.74, 6) is 0. The van der Waals surface area contributed by atoms with Crippen LogP contribution in [0.1, 0.15) is 6.92 Å². The van der Waals surface area contributed by atoms with E-state index in [1.807, 2.05) is 0 Å². The van der Waals surface area contributed by atoms with E-state index < -0.39 is 0 Å². The van der Waals surface area contributed by atoms with Gasteiger partial charge in [-0.2, -0.15) is 4.86 Å². The van der Waals surface area contributed by atoms with Gasteiger partial charge in [0.2, 0.25) is 0 Å². The molecule has 0 fully saturated rings. The van der Waals surface area contributed by atoms with E-state index in [-0.39, 0.29) is 0 Å². The molecule has 1 aromatic carbocycles. The van der Waals surface area contributed by atoms with Gasteiger partial charge in [-0.15, -0.1) is 5.43 Å². The third kappa shape index (κ3) is 3.29. The summed E-state index contributed by atoms with van der Waals surface area (Å²) in [4.78, 5) is 0.564. The number of hydroxylamine groups is 1. The number of rotatable bonds is 3. The summed E-state index contributed by atoms with van der Waals surface area (Å²) in [6.45, 7) is 2.04. The molecule has 0 saturated heterocycles. The average Bonchev–Trinajstić information content (AvgIpc) is 2.16. The summed E-state index contributed by atoms with van der Waals surface area (Å²) in [6, 6.07) is 6.94. The summed E-state index contributed by atoms with van der Waals surface area (Å²) in [7, 11) is 0. The van der Waals surface area contributed by atoms with E-state index in [0.717, 1.165) is 5.69 Å². The van der Waals surface area contributed by atoms with Crippen LogP contribution in [0.4, 0.5) is 5.69 Å². The monoisotopic (exact) mass is 199 g/mol. The quantitative estimate of drug-likeness (QED) is 0.462. The lowest BCUT2D eigenvalue weighted by molar-refractivity contribution is -0.524. The lowest BCUT2D eigenvalue weighted by atomic mass is 10.3. The molecule has 0 spiro atoms. The van der Waals surface area contributed by atoms with Crippen molar-refractivity contribution in [3.05, 3.63) is 34.5 Å². The Morgan fingerprint density at radius 3 is 2.62 bits per heavy atom. The highest BCUT2D eigenvalue weighted by Crippen LogP contribution is 2.12. The molecular formula is C8H10ClN3O. The Bertz CT molecular complexity index is 297. The Balaban J connectivity index is 2.60. The lowest BCUT2D eigenvalue weighted by Gasteiger charge is -2.00. The number of nitrogens with zero attached hydrogens (tertiary/aromatic N) is 2. The molecule has 1 rings (SSSR count). The normalized spacial score (nSPS) is 11.4. The second-order valence-electron chi connectivity index (χ2n) is 2.39. The van der Waals surface area contributed by atoms with Gasteiger partial charge in [-0.25, -0.2) is 0 Å². The Morgan fingerprint density at radius 1 is 1.46 bits per heavy atom. The molecule has 0 unspecified atom stereocenters. The molecule has 4 nitrogen and oxygen atoms in total. The van der Waals surface area contributed by atoms with Crippen LogP contribution in [0.2, 0.25) is 5.02 Å². The van der Waals surface area contributed by atoms with Gasteiger partial charge in [0.25, 0.3) is 0 Å². The molecule has 0 aliphatic carbocycles. The fourth-order valence-corrected chi connectivity index (χ4v) is 0.835. The first-order chi connectivity index (χ1) is 6.22. The molecule has 0 amide bonds. The number of nitrogens with one attached hydrogen (secondary N) is 1. The van der Waals surface area contributed by atoms with Crippen LogP contribution >= 0.6 is 11.6 Å². The lowest BCUT2D eigenvalue weighted by Crippen LogP contribution is -2.02. The summed E-state index contributed by atoms with van der Waals surface area (Å²) in [5, 5.41) is 14.9. The minimum absolute atomic E-state index is 0.320. The minimum atomic E-state index is 0.320. The molecule has 5 heteroatoms.